The van der Waals surface area contributed by atoms with Gasteiger partial charge in [-0.1, -0.05) is 19.8 Å². The second-order valence-electron chi connectivity index (χ2n) is 2.37. The zero-order valence-electron chi connectivity index (χ0n) is 6.23. The Labute approximate surface area is 66.9 Å². The zero-order valence-corrected chi connectivity index (χ0v) is 7.64. The van der Waals surface area contributed by atoms with Gasteiger partial charge in [-0.05, 0) is 0 Å². The van der Waals surface area contributed by atoms with E-state index in [4.69, 9.17) is 0 Å². The Bertz CT molecular complexity index is 63.9. The minimum Gasteiger partial charge on any atom is -0.303 e. The first-order chi connectivity index (χ1) is 4.41. The standard InChI is InChI=1S/C4H7O.C3H7.Mg/c1-2-3-4-5;1-3-2;/h4H,1-3H2;1,3H2,2H3;. The van der Waals surface area contributed by atoms with Crippen LogP contribution in [0.25, 0.3) is 0 Å². The topological polar surface area (TPSA) is 17.1 Å². The van der Waals surface area contributed by atoms with Crippen LogP contribution in [0.5, 0.6) is 0 Å². The Kier molecular flexibility index (Phi) is 8.85. The normalized spacial score (nSPS) is 8.56. The van der Waals surface area contributed by atoms with Crippen LogP contribution < -0.4 is 0 Å². The lowest BCUT2D eigenvalue weighted by Gasteiger charge is -1.90. The van der Waals surface area contributed by atoms with Gasteiger partial charge in [0.2, 0.25) is 0 Å². The van der Waals surface area contributed by atoms with E-state index in [0.717, 1.165) is 19.1 Å². The fourth-order valence-corrected chi connectivity index (χ4v) is 2.33. The van der Waals surface area contributed by atoms with Crippen LogP contribution in [0.15, 0.2) is 0 Å². The van der Waals surface area contributed by atoms with Crippen LogP contribution in [-0.4, -0.2) is 26.7 Å². The number of unbranched alkanes of at least 4 members (excludes halogenated alkanes) is 1. The van der Waals surface area contributed by atoms with Crippen LogP contribution in [0.4, 0.5) is 0 Å². The minimum atomic E-state index is 0.232. The average Bonchev–Trinajstić information content (AvgIpc) is 1.89. The van der Waals surface area contributed by atoms with Crippen molar-refractivity contribution in [3.8, 4) is 0 Å². The van der Waals surface area contributed by atoms with Gasteiger partial charge >= 0.3 is 20.4 Å². The molecular formula is C7H14MgO. The van der Waals surface area contributed by atoms with Crippen molar-refractivity contribution in [3.63, 3.8) is 0 Å². The second kappa shape index (κ2) is 8.44. The summed E-state index contributed by atoms with van der Waals surface area (Å²) in [5.41, 5.74) is 0. The molecule has 0 fully saturated rings. The lowest BCUT2D eigenvalue weighted by Crippen LogP contribution is -1.87. The molecule has 1 nitrogen and oxygen atoms in total. The molecule has 0 aliphatic heterocycles. The Hall–Kier alpha value is 0.436. The summed E-state index contributed by atoms with van der Waals surface area (Å²) in [5, 5.41) is 0. The number of carbonyl (C=O) groups excluding carboxylic acids is 1. The molecule has 0 amide bonds. The van der Waals surface area contributed by atoms with Crippen molar-refractivity contribution in [1.82, 2.24) is 0 Å². The van der Waals surface area contributed by atoms with Crippen LogP contribution in [0.2, 0.25) is 9.10 Å². The third kappa shape index (κ3) is 8.44. The average molecular weight is 138 g/mol. The van der Waals surface area contributed by atoms with Gasteiger partial charge in [-0.2, -0.15) is 0 Å². The quantitative estimate of drug-likeness (QED) is 0.311. The first-order valence-corrected chi connectivity index (χ1v) is 5.85. The summed E-state index contributed by atoms with van der Waals surface area (Å²) in [6, 6.07) is 0. The lowest BCUT2D eigenvalue weighted by molar-refractivity contribution is -0.107. The Morgan fingerprint density at radius 2 is 2.22 bits per heavy atom. The number of aldehydes is 1. The molecule has 9 heavy (non-hydrogen) atoms. The molecule has 0 aliphatic rings. The van der Waals surface area contributed by atoms with Crippen molar-refractivity contribution in [3.05, 3.63) is 0 Å². The summed E-state index contributed by atoms with van der Waals surface area (Å²) in [4.78, 5) is 9.85. The highest BCUT2D eigenvalue weighted by Gasteiger charge is 1.91. The van der Waals surface area contributed by atoms with E-state index < -0.39 is 0 Å². The van der Waals surface area contributed by atoms with Gasteiger partial charge in [-0.15, -0.1) is 9.10 Å². The van der Waals surface area contributed by atoms with E-state index in [2.05, 4.69) is 6.92 Å². The summed E-state index contributed by atoms with van der Waals surface area (Å²) in [7, 11) is 0. The van der Waals surface area contributed by atoms with E-state index in [9.17, 15) is 4.79 Å². The molecule has 0 N–H and O–H groups in total. The van der Waals surface area contributed by atoms with Gasteiger partial charge in [0.25, 0.3) is 0 Å². The van der Waals surface area contributed by atoms with Crippen molar-refractivity contribution in [2.45, 2.75) is 35.3 Å². The third-order valence-corrected chi connectivity index (χ3v) is 3.63. The van der Waals surface area contributed by atoms with Crippen LogP contribution in [0.3, 0.4) is 0 Å². The van der Waals surface area contributed by atoms with E-state index in [1.54, 1.807) is 0 Å². The first kappa shape index (κ1) is 9.44. The maximum Gasteiger partial charge on any atom is 0.364 e. The van der Waals surface area contributed by atoms with Gasteiger partial charge in [-0.25, -0.2) is 0 Å². The molecule has 0 radical (unpaired) electrons. The number of rotatable bonds is 6. The van der Waals surface area contributed by atoms with Crippen LogP contribution in [0, 0.1) is 0 Å². The maximum absolute atomic E-state index is 9.85. The largest absolute Gasteiger partial charge is 0.364 e. The summed E-state index contributed by atoms with van der Waals surface area (Å²) < 4.78 is 2.82. The summed E-state index contributed by atoms with van der Waals surface area (Å²) >= 11 is 0.232. The first-order valence-electron chi connectivity index (χ1n) is 3.85. The van der Waals surface area contributed by atoms with Gasteiger partial charge in [-0.3, -0.25) is 0 Å². The zero-order chi connectivity index (χ0) is 6.95. The molecule has 0 unspecified atom stereocenters. The van der Waals surface area contributed by atoms with Crippen molar-refractivity contribution >= 4 is 26.7 Å². The van der Waals surface area contributed by atoms with Crippen LogP contribution >= 0.6 is 0 Å². The molecule has 0 atom stereocenters. The molecule has 0 saturated heterocycles. The van der Waals surface area contributed by atoms with E-state index in [-0.39, 0.29) is 20.4 Å². The smallest absolute Gasteiger partial charge is 0.303 e. The van der Waals surface area contributed by atoms with E-state index in [1.165, 1.54) is 15.5 Å². The Balaban J connectivity index is 2.66. The van der Waals surface area contributed by atoms with Crippen molar-refractivity contribution in [2.75, 3.05) is 0 Å². The number of carbonyl (C=O) groups is 1. The summed E-state index contributed by atoms with van der Waals surface area (Å²) in [6.45, 7) is 2.23. The second-order valence-corrected chi connectivity index (χ2v) is 4.49. The summed E-state index contributed by atoms with van der Waals surface area (Å²) in [6.07, 6.45) is 4.31. The highest BCUT2D eigenvalue weighted by atomic mass is 24.5. The predicted octanol–water partition coefficient (Wildman–Crippen LogP) is 1.92. The van der Waals surface area contributed by atoms with Gasteiger partial charge in [0.05, 0.1) is 0 Å². The van der Waals surface area contributed by atoms with E-state index in [1.807, 2.05) is 0 Å². The van der Waals surface area contributed by atoms with Gasteiger partial charge in [0, 0.05) is 6.42 Å². The molecule has 50 valence electrons. The Morgan fingerprint density at radius 3 is 2.78 bits per heavy atom. The SMILES string of the molecule is CC[CH2][Mg][CH2]CCC=O. The number of hydrogen-bond acceptors (Lipinski definition) is 1. The maximum atomic E-state index is 9.85. The number of hydrogen-bond donors (Lipinski definition) is 0. The van der Waals surface area contributed by atoms with Gasteiger partial charge < -0.3 is 4.79 Å². The lowest BCUT2D eigenvalue weighted by atomic mass is 10.4. The predicted molar refractivity (Wildman–Crippen MR) is 41.0 cm³/mol. The molecule has 0 heterocycles. The Morgan fingerprint density at radius 1 is 1.44 bits per heavy atom. The molecule has 0 rings (SSSR count). The molecule has 0 saturated carbocycles. The fraction of sp³-hybridized carbons (Fsp3) is 0.857. The van der Waals surface area contributed by atoms with Crippen LogP contribution in [-0.2, 0) is 4.79 Å². The van der Waals surface area contributed by atoms with Crippen molar-refractivity contribution in [2.24, 2.45) is 0 Å². The highest BCUT2D eigenvalue weighted by Crippen LogP contribution is 1.96. The third-order valence-electron chi connectivity index (χ3n) is 1.43. The monoisotopic (exact) mass is 138 g/mol. The van der Waals surface area contributed by atoms with Crippen molar-refractivity contribution < 1.29 is 4.79 Å². The molecule has 0 aliphatic carbocycles. The van der Waals surface area contributed by atoms with E-state index in [0.29, 0.717) is 0 Å². The molecular weight excluding hydrogens is 124 g/mol. The summed E-state index contributed by atoms with van der Waals surface area (Å²) in [5.74, 6) is 0. The van der Waals surface area contributed by atoms with Crippen molar-refractivity contribution in [1.29, 1.82) is 0 Å². The van der Waals surface area contributed by atoms with Gasteiger partial charge in [0.15, 0.2) is 0 Å². The highest BCUT2D eigenvalue weighted by molar-refractivity contribution is 6.35. The molecule has 0 bridgehead atoms. The molecule has 0 aromatic carbocycles. The molecule has 0 aromatic heterocycles. The van der Waals surface area contributed by atoms with Crippen LogP contribution in [0.1, 0.15) is 26.2 Å². The molecule has 0 spiro atoms. The minimum absolute atomic E-state index is 0.232. The van der Waals surface area contributed by atoms with Gasteiger partial charge in [0.1, 0.15) is 6.29 Å². The molecule has 0 aromatic rings. The fourth-order valence-electron chi connectivity index (χ4n) is 0.831. The van der Waals surface area contributed by atoms with E-state index >= 15 is 0 Å². The molecule has 2 heteroatoms.